The number of esters is 1. The van der Waals surface area contributed by atoms with Gasteiger partial charge in [-0.15, -0.1) is 0 Å². The lowest BCUT2D eigenvalue weighted by Crippen LogP contribution is -2.65. The summed E-state index contributed by atoms with van der Waals surface area (Å²) in [5.74, 6) is -1.10. The fraction of sp³-hybridized carbons (Fsp3) is 0.571. The van der Waals surface area contributed by atoms with E-state index in [1.807, 2.05) is 37.3 Å². The van der Waals surface area contributed by atoms with E-state index in [4.69, 9.17) is 4.74 Å². The van der Waals surface area contributed by atoms with E-state index in [0.29, 0.717) is 11.5 Å². The Balaban J connectivity index is 1.58. The number of hydrogen-bond acceptors (Lipinski definition) is 6. The lowest BCUT2D eigenvalue weighted by atomic mass is 9.59. The number of carbonyl (C=O) groups is 2. The third kappa shape index (κ3) is 2.91. The van der Waals surface area contributed by atoms with Crippen LogP contribution in [0.3, 0.4) is 0 Å². The quantitative estimate of drug-likeness (QED) is 0.466. The van der Waals surface area contributed by atoms with Crippen molar-refractivity contribution in [2.75, 3.05) is 6.61 Å². The minimum Gasteiger partial charge on any atom is -0.454 e. The zero-order valence-corrected chi connectivity index (χ0v) is 20.2. The number of ketones is 1. The second-order valence-corrected chi connectivity index (χ2v) is 11.4. The van der Waals surface area contributed by atoms with Gasteiger partial charge in [-0.05, 0) is 53.2 Å². The van der Waals surface area contributed by atoms with E-state index in [1.54, 1.807) is 19.1 Å². The molecule has 1 aromatic rings. The van der Waals surface area contributed by atoms with Gasteiger partial charge in [0, 0.05) is 5.92 Å². The highest BCUT2D eigenvalue weighted by atomic mass is 16.6. The van der Waals surface area contributed by atoms with Gasteiger partial charge in [-0.1, -0.05) is 63.3 Å². The Bertz CT molecular complexity index is 1090. The summed E-state index contributed by atoms with van der Waals surface area (Å²) < 4.78 is 5.84. The van der Waals surface area contributed by atoms with E-state index < -0.39 is 41.7 Å². The second kappa shape index (κ2) is 7.61. The molecule has 4 aliphatic carbocycles. The van der Waals surface area contributed by atoms with Crippen LogP contribution in [-0.4, -0.2) is 51.5 Å². The van der Waals surface area contributed by atoms with Crippen LogP contribution in [0.5, 0.6) is 0 Å². The summed E-state index contributed by atoms with van der Waals surface area (Å²) in [5, 5.41) is 34.0. The van der Waals surface area contributed by atoms with Gasteiger partial charge in [0.25, 0.3) is 0 Å². The monoisotopic (exact) mass is 466 g/mol. The third-order valence-corrected chi connectivity index (χ3v) is 9.34. The zero-order valence-electron chi connectivity index (χ0n) is 20.2. The fourth-order valence-electron chi connectivity index (χ4n) is 7.53. The van der Waals surface area contributed by atoms with Crippen molar-refractivity contribution in [1.82, 2.24) is 0 Å². The van der Waals surface area contributed by atoms with Crippen LogP contribution in [0.25, 0.3) is 0 Å². The highest BCUT2D eigenvalue weighted by Crippen LogP contribution is 2.71. The van der Waals surface area contributed by atoms with Crippen molar-refractivity contribution in [3.05, 3.63) is 59.2 Å². The maximum Gasteiger partial charge on any atom is 0.310 e. The molecule has 0 heterocycles. The van der Waals surface area contributed by atoms with Gasteiger partial charge in [-0.25, -0.2) is 0 Å². The van der Waals surface area contributed by atoms with Crippen LogP contribution in [0.2, 0.25) is 0 Å². The summed E-state index contributed by atoms with van der Waals surface area (Å²) in [6, 6.07) is 9.15. The molecule has 2 fully saturated rings. The Morgan fingerprint density at radius 3 is 2.53 bits per heavy atom. The van der Waals surface area contributed by atoms with Crippen molar-refractivity contribution < 1.29 is 29.6 Å². The Morgan fingerprint density at radius 1 is 1.21 bits per heavy atom. The van der Waals surface area contributed by atoms with Gasteiger partial charge in [-0.2, -0.15) is 0 Å². The maximum absolute atomic E-state index is 14.3. The highest BCUT2D eigenvalue weighted by Gasteiger charge is 2.76. The van der Waals surface area contributed by atoms with Crippen molar-refractivity contribution in [1.29, 1.82) is 0 Å². The molecule has 6 heteroatoms. The molecule has 1 unspecified atom stereocenters. The number of aliphatic hydroxyl groups is 3. The lowest BCUT2D eigenvalue weighted by molar-refractivity contribution is -0.203. The molecule has 8 atom stereocenters. The molecule has 3 N–H and O–H groups in total. The van der Waals surface area contributed by atoms with Gasteiger partial charge in [0.15, 0.2) is 17.5 Å². The Kier molecular flexibility index (Phi) is 5.25. The fourth-order valence-corrected chi connectivity index (χ4v) is 7.53. The van der Waals surface area contributed by atoms with Crippen molar-refractivity contribution in [2.24, 2.45) is 34.5 Å². The first-order chi connectivity index (χ1) is 16.0. The SMILES string of the molecule is CC1=C[C@]23C(=O)[C@@H](C=C(CO)[C@@H](O)[C@]2(O)[C@H]1OC(=O)Cc1ccccc1)C1[C@@H](C[C@H]3C)C1(C)C. The van der Waals surface area contributed by atoms with Gasteiger partial charge in [0.05, 0.1) is 18.4 Å². The largest absolute Gasteiger partial charge is 0.454 e. The lowest BCUT2D eigenvalue weighted by Gasteiger charge is -2.48. The molecule has 1 aromatic carbocycles. The molecule has 0 aromatic heterocycles. The van der Waals surface area contributed by atoms with E-state index >= 15 is 0 Å². The number of allylic oxidation sites excluding steroid dienone is 1. The highest BCUT2D eigenvalue weighted by molar-refractivity contribution is 5.95. The van der Waals surface area contributed by atoms with E-state index in [2.05, 4.69) is 13.8 Å². The molecular formula is C28H34O6. The first-order valence-corrected chi connectivity index (χ1v) is 12.2. The predicted molar refractivity (Wildman–Crippen MR) is 125 cm³/mol. The van der Waals surface area contributed by atoms with Crippen molar-refractivity contribution in [3.63, 3.8) is 0 Å². The molecule has 5 rings (SSSR count). The Morgan fingerprint density at radius 2 is 1.88 bits per heavy atom. The van der Waals surface area contributed by atoms with Crippen LogP contribution < -0.4 is 0 Å². The molecule has 6 nitrogen and oxygen atoms in total. The van der Waals surface area contributed by atoms with E-state index in [9.17, 15) is 24.9 Å². The van der Waals surface area contributed by atoms with Crippen molar-refractivity contribution in [3.8, 4) is 0 Å². The number of benzene rings is 1. The standard InChI is InChI=1S/C28H34O6/c1-15-13-27-16(2)10-20-22(26(20,3)4)19(24(27)32)12-18(14-29)23(31)28(27,33)25(15)34-21(30)11-17-8-6-5-7-9-17/h5-9,12-13,16,19-20,22-23,25,29,31,33H,10-11,14H2,1-4H3/t16-,19+,20-,22?,23-,25+,27+,28+/m1/s1. The molecule has 0 aliphatic heterocycles. The van der Waals surface area contributed by atoms with E-state index in [-0.39, 0.29) is 35.0 Å². The van der Waals surface area contributed by atoms with Crippen LogP contribution in [-0.2, 0) is 20.7 Å². The summed E-state index contributed by atoms with van der Waals surface area (Å²) in [4.78, 5) is 27.2. The Labute approximate surface area is 200 Å². The van der Waals surface area contributed by atoms with Gasteiger partial charge < -0.3 is 20.1 Å². The number of aliphatic hydroxyl groups excluding tert-OH is 2. The molecule has 1 spiro atoms. The molecule has 0 saturated heterocycles. The molecule has 182 valence electrons. The maximum atomic E-state index is 14.3. The number of carbonyl (C=O) groups excluding carboxylic acids is 2. The smallest absolute Gasteiger partial charge is 0.310 e. The molecule has 2 saturated carbocycles. The van der Waals surface area contributed by atoms with Gasteiger partial charge in [0.1, 0.15) is 6.10 Å². The van der Waals surface area contributed by atoms with Crippen LogP contribution in [0, 0.1) is 34.5 Å². The average Bonchev–Trinajstić information content (AvgIpc) is 3.28. The minimum atomic E-state index is -2.09. The summed E-state index contributed by atoms with van der Waals surface area (Å²) in [6.07, 6.45) is 1.43. The molecule has 0 radical (unpaired) electrons. The number of Topliss-reactive ketones (excluding diaryl/α,β-unsaturated/α-hetero) is 1. The first-order valence-electron chi connectivity index (χ1n) is 12.2. The topological polar surface area (TPSA) is 104 Å². The van der Waals surface area contributed by atoms with Crippen LogP contribution in [0.4, 0.5) is 0 Å². The predicted octanol–water partition coefficient (Wildman–Crippen LogP) is 2.61. The molecule has 0 amide bonds. The second-order valence-electron chi connectivity index (χ2n) is 11.4. The average molecular weight is 467 g/mol. The van der Waals surface area contributed by atoms with E-state index in [1.165, 1.54) is 0 Å². The van der Waals surface area contributed by atoms with Gasteiger partial charge in [-0.3, -0.25) is 9.59 Å². The third-order valence-electron chi connectivity index (χ3n) is 9.34. The number of rotatable bonds is 4. The van der Waals surface area contributed by atoms with Crippen LogP contribution >= 0.6 is 0 Å². The zero-order chi connectivity index (χ0) is 24.6. The summed E-state index contributed by atoms with van der Waals surface area (Å²) in [7, 11) is 0. The molecular weight excluding hydrogens is 432 g/mol. The van der Waals surface area contributed by atoms with Crippen LogP contribution in [0.15, 0.2) is 53.6 Å². The molecule has 34 heavy (non-hydrogen) atoms. The van der Waals surface area contributed by atoms with E-state index in [0.717, 1.165) is 12.0 Å². The molecule has 4 aliphatic rings. The van der Waals surface area contributed by atoms with Gasteiger partial charge in [0.2, 0.25) is 0 Å². The summed E-state index contributed by atoms with van der Waals surface area (Å²) in [6.45, 7) is 7.51. The normalized spacial score (nSPS) is 41.9. The molecule has 2 bridgehead atoms. The van der Waals surface area contributed by atoms with Crippen molar-refractivity contribution >= 4 is 11.8 Å². The number of hydrogen-bond donors (Lipinski definition) is 3. The summed E-state index contributed by atoms with van der Waals surface area (Å²) in [5.41, 5.74) is -1.99. The van der Waals surface area contributed by atoms with Crippen LogP contribution in [0.1, 0.15) is 39.7 Å². The Hall–Kier alpha value is -2.28. The number of ether oxygens (including phenoxy) is 1. The summed E-state index contributed by atoms with van der Waals surface area (Å²) >= 11 is 0. The first kappa shape index (κ1) is 23.5. The van der Waals surface area contributed by atoms with Crippen molar-refractivity contribution in [2.45, 2.75) is 58.3 Å². The number of fused-ring (bicyclic) bond motifs is 3. The minimum absolute atomic E-state index is 0.0109. The van der Waals surface area contributed by atoms with Gasteiger partial charge >= 0.3 is 5.97 Å².